The van der Waals surface area contributed by atoms with E-state index < -0.39 is 0 Å². The molecule has 0 unspecified atom stereocenters. The molecule has 3 aromatic rings. The Labute approximate surface area is 128 Å². The molecule has 2 aromatic carbocycles. The number of hydrogen-bond donors (Lipinski definition) is 0. The van der Waals surface area contributed by atoms with E-state index in [9.17, 15) is 4.39 Å². The lowest BCUT2D eigenvalue weighted by Gasteiger charge is -1.96. The van der Waals surface area contributed by atoms with Crippen molar-refractivity contribution in [3.63, 3.8) is 0 Å². The third-order valence-corrected chi connectivity index (χ3v) is 3.46. The average Bonchev–Trinajstić information content (AvgIpc) is 2.79. The number of rotatable bonds is 2. The molecule has 20 heavy (non-hydrogen) atoms. The Balaban J connectivity index is 1.94. The molecule has 100 valence electrons. The molecule has 2 nitrogen and oxygen atoms in total. The van der Waals surface area contributed by atoms with Gasteiger partial charge in [0.25, 0.3) is 0 Å². The molecule has 0 aliphatic heterocycles. The van der Waals surface area contributed by atoms with Crippen LogP contribution in [0.1, 0.15) is 11.5 Å². The van der Waals surface area contributed by atoms with Gasteiger partial charge in [-0.1, -0.05) is 33.6 Å². The molecule has 3 rings (SSSR count). The van der Waals surface area contributed by atoms with Crippen molar-refractivity contribution >= 4 is 50.8 Å². The second-order valence-electron chi connectivity index (χ2n) is 4.16. The van der Waals surface area contributed by atoms with Gasteiger partial charge >= 0.3 is 0 Å². The number of oxazole rings is 1. The summed E-state index contributed by atoms with van der Waals surface area (Å²) in [6, 6.07) is 10.1. The summed E-state index contributed by atoms with van der Waals surface area (Å²) < 4.78 is 19.9. The summed E-state index contributed by atoms with van der Waals surface area (Å²) in [4.78, 5) is 4.27. The molecule has 1 aromatic heterocycles. The van der Waals surface area contributed by atoms with E-state index in [1.807, 2.05) is 0 Å². The molecular formula is C15H8BrClFNO. The second-order valence-corrected chi connectivity index (χ2v) is 5.52. The first-order valence-corrected chi connectivity index (χ1v) is 6.98. The van der Waals surface area contributed by atoms with Crippen LogP contribution in [0.15, 0.2) is 45.3 Å². The van der Waals surface area contributed by atoms with Crippen LogP contribution in [0.3, 0.4) is 0 Å². The van der Waals surface area contributed by atoms with Crippen molar-refractivity contribution in [2.75, 3.05) is 0 Å². The zero-order chi connectivity index (χ0) is 14.1. The third-order valence-electron chi connectivity index (χ3n) is 2.73. The average molecular weight is 353 g/mol. The van der Waals surface area contributed by atoms with Crippen LogP contribution in [0.5, 0.6) is 0 Å². The van der Waals surface area contributed by atoms with Crippen LogP contribution in [0.4, 0.5) is 4.39 Å². The van der Waals surface area contributed by atoms with E-state index in [4.69, 9.17) is 16.0 Å². The van der Waals surface area contributed by atoms with E-state index >= 15 is 0 Å². The summed E-state index contributed by atoms with van der Waals surface area (Å²) >= 11 is 9.10. The highest BCUT2D eigenvalue weighted by molar-refractivity contribution is 9.10. The fourth-order valence-electron chi connectivity index (χ4n) is 1.79. The second kappa shape index (κ2) is 5.38. The quantitative estimate of drug-likeness (QED) is 0.604. The number of halogens is 3. The van der Waals surface area contributed by atoms with Gasteiger partial charge in [0.05, 0.1) is 0 Å². The molecule has 0 amide bonds. The van der Waals surface area contributed by atoms with Crippen LogP contribution in [0, 0.1) is 5.82 Å². The van der Waals surface area contributed by atoms with E-state index in [1.54, 1.807) is 42.5 Å². The molecule has 0 N–H and O–H groups in total. The molecule has 0 atom stereocenters. The Morgan fingerprint density at radius 2 is 2.00 bits per heavy atom. The number of fused-ring (bicyclic) bond motifs is 1. The first-order chi connectivity index (χ1) is 9.61. The summed E-state index contributed by atoms with van der Waals surface area (Å²) in [5.74, 6) is 0.0966. The minimum absolute atomic E-state index is 0.310. The Kier molecular flexibility index (Phi) is 3.59. The normalized spacial score (nSPS) is 11.6. The molecule has 0 bridgehead atoms. The molecule has 0 aliphatic carbocycles. The summed E-state index contributed by atoms with van der Waals surface area (Å²) in [5, 5.41) is 0.597. The van der Waals surface area contributed by atoms with Crippen LogP contribution in [0.25, 0.3) is 23.3 Å². The molecule has 0 radical (unpaired) electrons. The van der Waals surface area contributed by atoms with E-state index in [1.165, 1.54) is 6.07 Å². The lowest BCUT2D eigenvalue weighted by atomic mass is 10.2. The van der Waals surface area contributed by atoms with E-state index in [-0.39, 0.29) is 5.82 Å². The zero-order valence-electron chi connectivity index (χ0n) is 10.1. The first-order valence-electron chi connectivity index (χ1n) is 5.81. The Hall–Kier alpha value is -1.65. The van der Waals surface area contributed by atoms with Gasteiger partial charge in [-0.2, -0.15) is 0 Å². The van der Waals surface area contributed by atoms with E-state index in [0.717, 1.165) is 0 Å². The van der Waals surface area contributed by atoms with Crippen molar-refractivity contribution < 1.29 is 8.81 Å². The predicted molar refractivity (Wildman–Crippen MR) is 82.0 cm³/mol. The van der Waals surface area contributed by atoms with Crippen molar-refractivity contribution in [1.82, 2.24) is 4.98 Å². The topological polar surface area (TPSA) is 26.0 Å². The predicted octanol–water partition coefficient (Wildman–Crippen LogP) is 5.55. The summed E-state index contributed by atoms with van der Waals surface area (Å²) in [6.07, 6.45) is 3.24. The summed E-state index contributed by atoms with van der Waals surface area (Å²) in [5.41, 5.74) is 1.78. The van der Waals surface area contributed by atoms with Crippen LogP contribution in [-0.4, -0.2) is 4.98 Å². The minimum atomic E-state index is -0.310. The van der Waals surface area contributed by atoms with Crippen molar-refractivity contribution in [1.29, 1.82) is 0 Å². The number of aromatic nitrogens is 1. The molecule has 0 saturated carbocycles. The monoisotopic (exact) mass is 351 g/mol. The maximum atomic E-state index is 13.7. The van der Waals surface area contributed by atoms with E-state index in [0.29, 0.717) is 32.0 Å². The van der Waals surface area contributed by atoms with Crippen LogP contribution < -0.4 is 0 Å². The molecule has 0 fully saturated rings. The SMILES string of the molecule is Fc1cc(Br)ccc1/C=C/c1nc2cc(Cl)ccc2o1. The summed E-state index contributed by atoms with van der Waals surface area (Å²) in [6.45, 7) is 0. The lowest BCUT2D eigenvalue weighted by Crippen LogP contribution is -1.81. The van der Waals surface area contributed by atoms with Crippen molar-refractivity contribution in [3.05, 3.63) is 63.2 Å². The Bertz CT molecular complexity index is 813. The molecule has 5 heteroatoms. The Morgan fingerprint density at radius 3 is 2.80 bits per heavy atom. The molecule has 0 aliphatic rings. The standard InChI is InChI=1S/C15H8BrClFNO/c16-10-3-1-9(12(18)7-10)2-6-15-19-13-8-11(17)4-5-14(13)20-15/h1-8H/b6-2+. The third kappa shape index (κ3) is 2.76. The maximum Gasteiger partial charge on any atom is 0.220 e. The van der Waals surface area contributed by atoms with Gasteiger partial charge in [0, 0.05) is 21.1 Å². The van der Waals surface area contributed by atoms with Gasteiger partial charge in [-0.25, -0.2) is 9.37 Å². The maximum absolute atomic E-state index is 13.7. The van der Waals surface area contributed by atoms with Crippen molar-refractivity contribution in [2.24, 2.45) is 0 Å². The number of nitrogens with zero attached hydrogens (tertiary/aromatic N) is 1. The van der Waals surface area contributed by atoms with Crippen molar-refractivity contribution in [2.45, 2.75) is 0 Å². The summed E-state index contributed by atoms with van der Waals surface area (Å²) in [7, 11) is 0. The van der Waals surface area contributed by atoms with Gasteiger partial charge < -0.3 is 4.42 Å². The first kappa shape index (κ1) is 13.3. The smallest absolute Gasteiger partial charge is 0.220 e. The van der Waals surface area contributed by atoms with Crippen molar-refractivity contribution in [3.8, 4) is 0 Å². The van der Waals surface area contributed by atoms with Crippen LogP contribution in [0.2, 0.25) is 5.02 Å². The van der Waals surface area contributed by atoms with E-state index in [2.05, 4.69) is 20.9 Å². The fourth-order valence-corrected chi connectivity index (χ4v) is 2.29. The number of hydrogen-bond acceptors (Lipinski definition) is 2. The highest BCUT2D eigenvalue weighted by Crippen LogP contribution is 2.22. The molecule has 1 heterocycles. The lowest BCUT2D eigenvalue weighted by molar-refractivity contribution is 0.589. The number of benzene rings is 2. The minimum Gasteiger partial charge on any atom is -0.437 e. The highest BCUT2D eigenvalue weighted by Gasteiger charge is 2.04. The van der Waals surface area contributed by atoms with Crippen LogP contribution in [-0.2, 0) is 0 Å². The van der Waals surface area contributed by atoms with Crippen LogP contribution >= 0.6 is 27.5 Å². The largest absolute Gasteiger partial charge is 0.437 e. The Morgan fingerprint density at radius 1 is 1.15 bits per heavy atom. The molecule has 0 saturated heterocycles. The van der Waals surface area contributed by atoms with Gasteiger partial charge in [-0.05, 0) is 36.4 Å². The van der Waals surface area contributed by atoms with Gasteiger partial charge in [0.1, 0.15) is 11.3 Å². The van der Waals surface area contributed by atoms with Gasteiger partial charge in [0.15, 0.2) is 5.58 Å². The molecule has 0 spiro atoms. The van der Waals surface area contributed by atoms with Gasteiger partial charge in [0.2, 0.25) is 5.89 Å². The molecular weight excluding hydrogens is 345 g/mol. The zero-order valence-corrected chi connectivity index (χ0v) is 12.5. The van der Waals surface area contributed by atoms with Gasteiger partial charge in [-0.3, -0.25) is 0 Å². The van der Waals surface area contributed by atoms with Gasteiger partial charge in [-0.15, -0.1) is 0 Å². The highest BCUT2D eigenvalue weighted by atomic mass is 79.9. The fraction of sp³-hybridized carbons (Fsp3) is 0.